The highest BCUT2D eigenvalue weighted by molar-refractivity contribution is 9.11. The van der Waals surface area contributed by atoms with Gasteiger partial charge in [0.25, 0.3) is 0 Å². The van der Waals surface area contributed by atoms with E-state index < -0.39 is 0 Å². The lowest BCUT2D eigenvalue weighted by atomic mass is 10.2. The third-order valence-corrected chi connectivity index (χ3v) is 5.88. The van der Waals surface area contributed by atoms with Crippen LogP contribution in [-0.4, -0.2) is 11.5 Å². The fourth-order valence-corrected chi connectivity index (χ4v) is 4.50. The predicted molar refractivity (Wildman–Crippen MR) is 82.5 cm³/mol. The van der Waals surface area contributed by atoms with Crippen molar-refractivity contribution in [3.8, 4) is 9.88 Å². The van der Waals surface area contributed by atoms with Crippen molar-refractivity contribution < 1.29 is 0 Å². The Balaban J connectivity index is 1.91. The lowest BCUT2D eigenvalue weighted by Crippen LogP contribution is -2.11. The summed E-state index contributed by atoms with van der Waals surface area (Å²) >= 11 is 7.13. The van der Waals surface area contributed by atoms with E-state index in [0.29, 0.717) is 0 Å². The molecule has 1 saturated carbocycles. The minimum atomic E-state index is 0.729. The lowest BCUT2D eigenvalue weighted by Gasteiger charge is -2.00. The number of thiophene rings is 1. The molecule has 0 aliphatic heterocycles. The van der Waals surface area contributed by atoms with Crippen LogP contribution < -0.4 is 5.32 Å². The molecular weight excluding hydrogens is 328 g/mol. The van der Waals surface area contributed by atoms with Gasteiger partial charge >= 0.3 is 0 Å². The molecule has 2 nitrogen and oxygen atoms in total. The Morgan fingerprint density at radius 2 is 2.22 bits per heavy atom. The van der Waals surface area contributed by atoms with Gasteiger partial charge in [0.1, 0.15) is 5.01 Å². The molecule has 0 saturated heterocycles. The first-order chi connectivity index (χ1) is 8.78. The second-order valence-electron chi connectivity index (χ2n) is 4.49. The van der Waals surface area contributed by atoms with E-state index >= 15 is 0 Å². The number of hydrogen-bond donors (Lipinski definition) is 1. The Morgan fingerprint density at radius 1 is 1.39 bits per heavy atom. The van der Waals surface area contributed by atoms with Crippen LogP contribution in [0.15, 0.2) is 15.9 Å². The molecule has 18 heavy (non-hydrogen) atoms. The number of thiazole rings is 1. The molecule has 0 atom stereocenters. The van der Waals surface area contributed by atoms with Crippen molar-refractivity contribution in [3.63, 3.8) is 0 Å². The van der Waals surface area contributed by atoms with Crippen LogP contribution in [0.1, 0.15) is 36.3 Å². The number of halogens is 1. The highest BCUT2D eigenvalue weighted by Gasteiger charge is 2.29. The van der Waals surface area contributed by atoms with Crippen LogP contribution in [0.2, 0.25) is 0 Å². The molecule has 1 fully saturated rings. The van der Waals surface area contributed by atoms with Gasteiger partial charge in [0.15, 0.2) is 0 Å². The molecule has 2 aromatic rings. The zero-order valence-corrected chi connectivity index (χ0v) is 13.4. The van der Waals surface area contributed by atoms with Gasteiger partial charge in [0.05, 0.1) is 14.4 Å². The number of rotatable bonds is 5. The minimum absolute atomic E-state index is 0.729. The molecule has 3 rings (SSSR count). The average Bonchev–Trinajstić information content (AvgIpc) is 2.98. The number of aromatic nitrogens is 1. The summed E-state index contributed by atoms with van der Waals surface area (Å²) in [6.45, 7) is 4.13. The van der Waals surface area contributed by atoms with E-state index in [1.807, 2.05) is 11.3 Å². The van der Waals surface area contributed by atoms with Crippen LogP contribution in [0.25, 0.3) is 9.88 Å². The van der Waals surface area contributed by atoms with Gasteiger partial charge < -0.3 is 5.32 Å². The van der Waals surface area contributed by atoms with Gasteiger partial charge in [-0.1, -0.05) is 6.92 Å². The van der Waals surface area contributed by atoms with Crippen LogP contribution in [0.4, 0.5) is 0 Å². The molecule has 0 unspecified atom stereocenters. The summed E-state index contributed by atoms with van der Waals surface area (Å²) in [5.41, 5.74) is 1.35. The molecule has 1 aliphatic carbocycles. The predicted octanol–water partition coefficient (Wildman–Crippen LogP) is 4.62. The first kappa shape index (κ1) is 12.8. The van der Waals surface area contributed by atoms with E-state index in [9.17, 15) is 0 Å². The molecule has 0 spiro atoms. The smallest absolute Gasteiger partial charge is 0.133 e. The quantitative estimate of drug-likeness (QED) is 0.857. The number of nitrogens with zero attached hydrogens (tertiary/aromatic N) is 1. The van der Waals surface area contributed by atoms with E-state index in [2.05, 4.69) is 40.3 Å². The maximum absolute atomic E-state index is 4.88. The lowest BCUT2D eigenvalue weighted by molar-refractivity contribution is 0.727. The van der Waals surface area contributed by atoms with Gasteiger partial charge in [0.2, 0.25) is 0 Å². The van der Waals surface area contributed by atoms with Crippen molar-refractivity contribution in [1.82, 2.24) is 10.3 Å². The third-order valence-electron chi connectivity index (χ3n) is 3.01. The second-order valence-corrected chi connectivity index (χ2v) is 8.03. The SMILES string of the molecule is CCNCc1sc(-c2ccc(Br)s2)nc1C1CC1. The zero-order valence-electron chi connectivity index (χ0n) is 10.2. The van der Waals surface area contributed by atoms with Crippen molar-refractivity contribution in [1.29, 1.82) is 0 Å². The van der Waals surface area contributed by atoms with Gasteiger partial charge in [-0.3, -0.25) is 0 Å². The van der Waals surface area contributed by atoms with Gasteiger partial charge in [-0.15, -0.1) is 22.7 Å². The number of hydrogen-bond acceptors (Lipinski definition) is 4. The van der Waals surface area contributed by atoms with E-state index in [-0.39, 0.29) is 0 Å². The van der Waals surface area contributed by atoms with E-state index in [4.69, 9.17) is 4.98 Å². The maximum atomic E-state index is 4.88. The Kier molecular flexibility index (Phi) is 3.84. The van der Waals surface area contributed by atoms with Crippen molar-refractivity contribution >= 4 is 38.6 Å². The first-order valence-corrected chi connectivity index (χ1v) is 8.66. The van der Waals surface area contributed by atoms with Crippen molar-refractivity contribution in [3.05, 3.63) is 26.5 Å². The summed E-state index contributed by atoms with van der Waals surface area (Å²) in [6.07, 6.45) is 2.63. The molecule has 1 aliphatic rings. The van der Waals surface area contributed by atoms with Crippen LogP contribution in [-0.2, 0) is 6.54 Å². The Bertz CT molecular complexity index is 543. The van der Waals surface area contributed by atoms with Crippen LogP contribution in [0.3, 0.4) is 0 Å². The normalized spacial score (nSPS) is 15.2. The Morgan fingerprint density at radius 3 is 2.83 bits per heavy atom. The van der Waals surface area contributed by atoms with Crippen LogP contribution in [0, 0.1) is 0 Å². The van der Waals surface area contributed by atoms with Gasteiger partial charge in [-0.25, -0.2) is 4.98 Å². The molecule has 2 heterocycles. The van der Waals surface area contributed by atoms with Crippen molar-refractivity contribution in [2.24, 2.45) is 0 Å². The van der Waals surface area contributed by atoms with E-state index in [1.165, 1.54) is 37.1 Å². The first-order valence-electron chi connectivity index (χ1n) is 6.24. The van der Waals surface area contributed by atoms with Gasteiger partial charge in [-0.05, 0) is 47.4 Å². The van der Waals surface area contributed by atoms with E-state index in [1.54, 1.807) is 11.3 Å². The monoisotopic (exact) mass is 342 g/mol. The fourth-order valence-electron chi connectivity index (χ4n) is 1.94. The summed E-state index contributed by atoms with van der Waals surface area (Å²) in [4.78, 5) is 7.58. The minimum Gasteiger partial charge on any atom is -0.312 e. The van der Waals surface area contributed by atoms with Gasteiger partial charge in [0, 0.05) is 17.3 Å². The highest BCUT2D eigenvalue weighted by atomic mass is 79.9. The summed E-state index contributed by atoms with van der Waals surface area (Å²) in [7, 11) is 0. The zero-order chi connectivity index (χ0) is 12.5. The Hall–Kier alpha value is -0.230. The topological polar surface area (TPSA) is 24.9 Å². The second kappa shape index (κ2) is 5.41. The molecule has 0 radical (unpaired) electrons. The largest absolute Gasteiger partial charge is 0.312 e. The standard InChI is InChI=1S/C13H15BrN2S2/c1-2-15-7-10-12(8-3-4-8)16-13(18-10)9-5-6-11(14)17-9/h5-6,8,15H,2-4,7H2,1H3. The van der Waals surface area contributed by atoms with Crippen LogP contribution >= 0.6 is 38.6 Å². The Labute approximate surface area is 124 Å². The molecule has 2 aromatic heterocycles. The fraction of sp³-hybridized carbons (Fsp3) is 0.462. The molecule has 5 heteroatoms. The molecule has 0 bridgehead atoms. The number of nitrogens with one attached hydrogen (secondary N) is 1. The molecular formula is C13H15BrN2S2. The molecule has 96 valence electrons. The van der Waals surface area contributed by atoms with Gasteiger partial charge in [-0.2, -0.15) is 0 Å². The average molecular weight is 343 g/mol. The molecule has 0 aromatic carbocycles. The maximum Gasteiger partial charge on any atom is 0.133 e. The molecule has 0 amide bonds. The van der Waals surface area contributed by atoms with Crippen LogP contribution in [0.5, 0.6) is 0 Å². The molecule has 1 N–H and O–H groups in total. The third kappa shape index (κ3) is 2.69. The summed E-state index contributed by atoms with van der Waals surface area (Å²) < 4.78 is 1.17. The summed E-state index contributed by atoms with van der Waals surface area (Å²) in [6, 6.07) is 4.25. The van der Waals surface area contributed by atoms with E-state index in [0.717, 1.165) is 19.0 Å². The van der Waals surface area contributed by atoms with Crippen molar-refractivity contribution in [2.45, 2.75) is 32.2 Å². The highest BCUT2D eigenvalue weighted by Crippen LogP contribution is 2.45. The summed E-state index contributed by atoms with van der Waals surface area (Å²) in [5.74, 6) is 0.729. The summed E-state index contributed by atoms with van der Waals surface area (Å²) in [5, 5.41) is 4.60. The van der Waals surface area contributed by atoms with Crippen molar-refractivity contribution in [2.75, 3.05) is 6.54 Å².